The summed E-state index contributed by atoms with van der Waals surface area (Å²) in [6, 6.07) is 9.48. The second-order valence-electron chi connectivity index (χ2n) is 3.73. The first-order valence-electron chi connectivity index (χ1n) is 5.49. The summed E-state index contributed by atoms with van der Waals surface area (Å²) in [5.74, 6) is 0.190. The van der Waals surface area contributed by atoms with Gasteiger partial charge in [0.1, 0.15) is 0 Å². The normalized spacial score (nSPS) is 11.4. The minimum atomic E-state index is -0.401. The van der Waals surface area contributed by atoms with Gasteiger partial charge in [-0.25, -0.2) is 0 Å². The van der Waals surface area contributed by atoms with Crippen LogP contribution < -0.4 is 5.32 Å². The largest absolute Gasteiger partial charge is 0.308 e. The number of Topliss-reactive ketones (excluding diaryl/α,β-unsaturated/α-hetero) is 1. The van der Waals surface area contributed by atoms with Crippen LogP contribution in [0.1, 0.15) is 37.0 Å². The molecule has 1 N–H and O–H groups in total. The van der Waals surface area contributed by atoms with E-state index in [2.05, 4.69) is 5.32 Å². The minimum Gasteiger partial charge on any atom is -0.308 e. The number of ketones is 1. The maximum atomic E-state index is 12.3. The first kappa shape index (κ1) is 11.9. The summed E-state index contributed by atoms with van der Waals surface area (Å²) >= 11 is 0. The molecule has 0 aliphatic heterocycles. The van der Waals surface area contributed by atoms with Crippen LogP contribution in [0, 0.1) is 0 Å². The van der Waals surface area contributed by atoms with Gasteiger partial charge in [-0.05, 0) is 19.9 Å². The zero-order valence-electron chi connectivity index (χ0n) is 9.71. The van der Waals surface area contributed by atoms with Crippen molar-refractivity contribution in [3.8, 4) is 0 Å². The Labute approximate surface area is 91.7 Å². The highest BCUT2D eigenvalue weighted by Gasteiger charge is 2.33. The van der Waals surface area contributed by atoms with E-state index in [4.69, 9.17) is 0 Å². The Morgan fingerprint density at radius 2 is 1.73 bits per heavy atom. The third kappa shape index (κ3) is 2.26. The van der Waals surface area contributed by atoms with E-state index in [9.17, 15) is 4.79 Å². The Bertz CT molecular complexity index is 306. The molecule has 0 saturated carbocycles. The van der Waals surface area contributed by atoms with Crippen LogP contribution in [0.25, 0.3) is 0 Å². The zero-order chi connectivity index (χ0) is 11.3. The Kier molecular flexibility index (Phi) is 4.04. The second-order valence-corrected chi connectivity index (χ2v) is 3.73. The molecule has 0 unspecified atom stereocenters. The summed E-state index contributed by atoms with van der Waals surface area (Å²) in [5.41, 5.74) is 0.386. The Hall–Kier alpha value is -1.15. The van der Waals surface area contributed by atoms with Gasteiger partial charge in [-0.1, -0.05) is 44.2 Å². The van der Waals surface area contributed by atoms with Gasteiger partial charge in [0.2, 0.25) is 0 Å². The lowest BCUT2D eigenvalue weighted by Gasteiger charge is -2.29. The molecule has 2 heteroatoms. The van der Waals surface area contributed by atoms with Crippen LogP contribution in [0.5, 0.6) is 0 Å². The average molecular weight is 205 g/mol. The molecule has 1 aromatic rings. The minimum absolute atomic E-state index is 0.190. The predicted molar refractivity (Wildman–Crippen MR) is 63.1 cm³/mol. The SMILES string of the molecule is CCC(CC)(NC)C(=O)c1ccccc1. The Balaban J connectivity index is 3.01. The first-order valence-corrected chi connectivity index (χ1v) is 5.49. The summed E-state index contributed by atoms with van der Waals surface area (Å²) in [7, 11) is 1.86. The maximum Gasteiger partial charge on any atom is 0.182 e. The van der Waals surface area contributed by atoms with E-state index in [1.807, 2.05) is 51.2 Å². The van der Waals surface area contributed by atoms with Gasteiger partial charge in [0.25, 0.3) is 0 Å². The number of nitrogens with one attached hydrogen (secondary N) is 1. The number of benzene rings is 1. The van der Waals surface area contributed by atoms with Crippen molar-refractivity contribution >= 4 is 5.78 Å². The van der Waals surface area contributed by atoms with Crippen molar-refractivity contribution in [3.63, 3.8) is 0 Å². The molecule has 0 aliphatic carbocycles. The van der Waals surface area contributed by atoms with Crippen LogP contribution in [0.3, 0.4) is 0 Å². The summed E-state index contributed by atoms with van der Waals surface area (Å²) in [4.78, 5) is 12.3. The molecule has 0 bridgehead atoms. The number of hydrogen-bond donors (Lipinski definition) is 1. The highest BCUT2D eigenvalue weighted by molar-refractivity contribution is 6.03. The third-order valence-corrected chi connectivity index (χ3v) is 3.16. The van der Waals surface area contributed by atoms with Gasteiger partial charge < -0.3 is 5.32 Å². The number of likely N-dealkylation sites (N-methyl/N-ethyl adjacent to an activating group) is 1. The van der Waals surface area contributed by atoms with Crippen LogP contribution in [0.2, 0.25) is 0 Å². The van der Waals surface area contributed by atoms with Crippen molar-refractivity contribution < 1.29 is 4.79 Å². The smallest absolute Gasteiger partial charge is 0.182 e. The highest BCUT2D eigenvalue weighted by atomic mass is 16.1. The Morgan fingerprint density at radius 1 is 1.20 bits per heavy atom. The van der Waals surface area contributed by atoms with E-state index in [0.717, 1.165) is 18.4 Å². The van der Waals surface area contributed by atoms with Crippen LogP contribution in [-0.2, 0) is 0 Å². The second kappa shape index (κ2) is 5.08. The van der Waals surface area contributed by atoms with Crippen molar-refractivity contribution in [1.82, 2.24) is 5.32 Å². The molecule has 0 atom stereocenters. The Morgan fingerprint density at radius 3 is 2.13 bits per heavy atom. The fourth-order valence-corrected chi connectivity index (χ4v) is 1.90. The highest BCUT2D eigenvalue weighted by Crippen LogP contribution is 2.20. The van der Waals surface area contributed by atoms with E-state index in [-0.39, 0.29) is 5.78 Å². The van der Waals surface area contributed by atoms with E-state index in [1.54, 1.807) is 0 Å². The van der Waals surface area contributed by atoms with Crippen LogP contribution in [-0.4, -0.2) is 18.4 Å². The van der Waals surface area contributed by atoms with E-state index < -0.39 is 5.54 Å². The topological polar surface area (TPSA) is 29.1 Å². The number of rotatable bonds is 5. The molecule has 0 fully saturated rings. The number of carbonyl (C=O) groups excluding carboxylic acids is 1. The molecule has 1 rings (SSSR count). The molecule has 2 nitrogen and oxygen atoms in total. The maximum absolute atomic E-state index is 12.3. The molecule has 1 aromatic carbocycles. The molecule has 0 radical (unpaired) electrons. The number of carbonyl (C=O) groups is 1. The van der Waals surface area contributed by atoms with E-state index in [1.165, 1.54) is 0 Å². The molecule has 82 valence electrons. The predicted octanol–water partition coefficient (Wildman–Crippen LogP) is 2.65. The average Bonchev–Trinajstić information content (AvgIpc) is 2.33. The fourth-order valence-electron chi connectivity index (χ4n) is 1.90. The van der Waals surface area contributed by atoms with Crippen LogP contribution >= 0.6 is 0 Å². The van der Waals surface area contributed by atoms with Crippen molar-refractivity contribution in [1.29, 1.82) is 0 Å². The van der Waals surface area contributed by atoms with E-state index >= 15 is 0 Å². The molecule has 0 heterocycles. The van der Waals surface area contributed by atoms with Crippen molar-refractivity contribution in [3.05, 3.63) is 35.9 Å². The third-order valence-electron chi connectivity index (χ3n) is 3.16. The van der Waals surface area contributed by atoms with Crippen LogP contribution in [0.15, 0.2) is 30.3 Å². The molecular formula is C13H19NO. The van der Waals surface area contributed by atoms with Gasteiger partial charge in [-0.3, -0.25) is 4.79 Å². The summed E-state index contributed by atoms with van der Waals surface area (Å²) in [6.45, 7) is 4.08. The van der Waals surface area contributed by atoms with Gasteiger partial charge in [0.15, 0.2) is 5.78 Å². The standard InChI is InChI=1S/C13H19NO/c1-4-13(5-2,14-3)12(15)11-9-7-6-8-10-11/h6-10,14H,4-5H2,1-3H3. The molecule has 15 heavy (non-hydrogen) atoms. The molecule has 0 spiro atoms. The van der Waals surface area contributed by atoms with Gasteiger partial charge in [0, 0.05) is 5.56 Å². The van der Waals surface area contributed by atoms with E-state index in [0.29, 0.717) is 0 Å². The lowest BCUT2D eigenvalue weighted by Crippen LogP contribution is -2.49. The van der Waals surface area contributed by atoms with Crippen molar-refractivity contribution in [2.45, 2.75) is 32.2 Å². The van der Waals surface area contributed by atoms with Crippen molar-refractivity contribution in [2.75, 3.05) is 7.05 Å². The monoisotopic (exact) mass is 205 g/mol. The van der Waals surface area contributed by atoms with Crippen LogP contribution in [0.4, 0.5) is 0 Å². The molecule has 0 aromatic heterocycles. The molecule has 0 saturated heterocycles. The molecule has 0 amide bonds. The van der Waals surface area contributed by atoms with Gasteiger partial charge >= 0.3 is 0 Å². The quantitative estimate of drug-likeness (QED) is 0.749. The van der Waals surface area contributed by atoms with Gasteiger partial charge in [-0.15, -0.1) is 0 Å². The lowest BCUT2D eigenvalue weighted by atomic mass is 9.84. The zero-order valence-corrected chi connectivity index (χ0v) is 9.71. The van der Waals surface area contributed by atoms with Gasteiger partial charge in [-0.2, -0.15) is 0 Å². The fraction of sp³-hybridized carbons (Fsp3) is 0.462. The molecule has 0 aliphatic rings. The summed E-state index contributed by atoms with van der Waals surface area (Å²) < 4.78 is 0. The molecular weight excluding hydrogens is 186 g/mol. The summed E-state index contributed by atoms with van der Waals surface area (Å²) in [6.07, 6.45) is 1.63. The summed E-state index contributed by atoms with van der Waals surface area (Å²) in [5, 5.41) is 3.16. The lowest BCUT2D eigenvalue weighted by molar-refractivity contribution is 0.0847. The van der Waals surface area contributed by atoms with Gasteiger partial charge in [0.05, 0.1) is 5.54 Å². The van der Waals surface area contributed by atoms with Crippen molar-refractivity contribution in [2.24, 2.45) is 0 Å². The first-order chi connectivity index (χ1) is 7.20. The number of hydrogen-bond acceptors (Lipinski definition) is 2.